The first-order valence-electron chi connectivity index (χ1n) is 7.10. The molecule has 0 aliphatic heterocycles. The molecule has 0 amide bonds. The van der Waals surface area contributed by atoms with Crippen LogP contribution in [0.5, 0.6) is 0 Å². The van der Waals surface area contributed by atoms with E-state index in [4.69, 9.17) is 11.0 Å². The number of nitrogens with zero attached hydrogens (tertiary/aromatic N) is 3. The number of nitrogens with two attached hydrogens (primary N) is 1. The van der Waals surface area contributed by atoms with Crippen molar-refractivity contribution >= 4 is 5.82 Å². The molecule has 0 saturated heterocycles. The van der Waals surface area contributed by atoms with Crippen molar-refractivity contribution in [2.45, 2.75) is 38.6 Å². The average molecular weight is 284 g/mol. The number of benzene rings is 1. The third-order valence-electron chi connectivity index (χ3n) is 3.79. The van der Waals surface area contributed by atoms with E-state index in [1.807, 2.05) is 10.6 Å². The number of nitriles is 1. The smallest absolute Gasteiger partial charge is 0.140 e. The molecule has 0 bridgehead atoms. The van der Waals surface area contributed by atoms with Crippen LogP contribution in [0.25, 0.3) is 11.3 Å². The van der Waals surface area contributed by atoms with E-state index in [0.717, 1.165) is 18.7 Å². The van der Waals surface area contributed by atoms with Crippen LogP contribution < -0.4 is 5.73 Å². The molecular weight excluding hydrogens is 267 g/mol. The van der Waals surface area contributed by atoms with Crippen molar-refractivity contribution in [2.75, 3.05) is 5.73 Å². The van der Waals surface area contributed by atoms with Crippen LogP contribution in [0.15, 0.2) is 18.2 Å². The molecule has 1 saturated carbocycles. The van der Waals surface area contributed by atoms with Gasteiger partial charge in [0.2, 0.25) is 0 Å². The van der Waals surface area contributed by atoms with E-state index in [1.165, 1.54) is 12.1 Å². The summed E-state index contributed by atoms with van der Waals surface area (Å²) in [5.41, 5.74) is 7.60. The lowest BCUT2D eigenvalue weighted by molar-refractivity contribution is 0.576. The first-order chi connectivity index (χ1) is 10.0. The van der Waals surface area contributed by atoms with E-state index < -0.39 is 5.82 Å². The van der Waals surface area contributed by atoms with Gasteiger partial charge < -0.3 is 10.3 Å². The van der Waals surface area contributed by atoms with E-state index in [2.05, 4.69) is 18.8 Å². The Bertz CT molecular complexity index is 735. The highest BCUT2D eigenvalue weighted by molar-refractivity contribution is 5.72. The molecule has 5 heteroatoms. The third kappa shape index (κ3) is 2.27. The molecule has 1 fully saturated rings. The summed E-state index contributed by atoms with van der Waals surface area (Å²) >= 11 is 0. The fourth-order valence-electron chi connectivity index (χ4n) is 2.61. The third-order valence-corrected chi connectivity index (χ3v) is 3.79. The van der Waals surface area contributed by atoms with Crippen LogP contribution in [0, 0.1) is 17.1 Å². The zero-order chi connectivity index (χ0) is 15.1. The van der Waals surface area contributed by atoms with Gasteiger partial charge in [0.1, 0.15) is 29.2 Å². The second kappa shape index (κ2) is 4.88. The van der Waals surface area contributed by atoms with Crippen LogP contribution in [-0.4, -0.2) is 9.55 Å². The number of anilines is 1. The van der Waals surface area contributed by atoms with Crippen LogP contribution in [-0.2, 0) is 0 Å². The Morgan fingerprint density at radius 3 is 2.71 bits per heavy atom. The molecule has 0 unspecified atom stereocenters. The van der Waals surface area contributed by atoms with Gasteiger partial charge in [-0.1, -0.05) is 0 Å². The summed E-state index contributed by atoms with van der Waals surface area (Å²) in [6, 6.07) is 6.49. The zero-order valence-electron chi connectivity index (χ0n) is 12.1. The largest absolute Gasteiger partial charge is 0.383 e. The lowest BCUT2D eigenvalue weighted by atomic mass is 10.1. The first kappa shape index (κ1) is 13.6. The molecular formula is C16H17FN4. The average Bonchev–Trinajstić information content (AvgIpc) is 3.23. The minimum atomic E-state index is -0.523. The first-order valence-corrected chi connectivity index (χ1v) is 7.10. The molecule has 1 heterocycles. The van der Waals surface area contributed by atoms with Crippen LogP contribution in [0.1, 0.15) is 50.0 Å². The normalized spacial score (nSPS) is 14.4. The Kier molecular flexibility index (Phi) is 3.17. The summed E-state index contributed by atoms with van der Waals surface area (Å²) in [7, 11) is 0. The van der Waals surface area contributed by atoms with Crippen LogP contribution in [0.2, 0.25) is 0 Å². The SMILES string of the molecule is CC(C)n1c(C2CC2)nc(-c2ccc(F)c(C#N)c2)c1N. The molecule has 108 valence electrons. The van der Waals surface area contributed by atoms with Gasteiger partial charge in [-0.25, -0.2) is 9.37 Å². The molecule has 1 aliphatic rings. The van der Waals surface area contributed by atoms with Crippen molar-refractivity contribution in [2.24, 2.45) is 0 Å². The summed E-state index contributed by atoms with van der Waals surface area (Å²) in [6.07, 6.45) is 2.27. The highest BCUT2D eigenvalue weighted by Crippen LogP contribution is 2.43. The predicted molar refractivity (Wildman–Crippen MR) is 79.1 cm³/mol. The number of imidazole rings is 1. The standard InChI is InChI=1S/C16H17FN4/c1-9(2)21-15(19)14(20-16(21)10-3-4-10)11-5-6-13(17)12(7-11)8-18/h5-7,9-10H,3-4,19H2,1-2H3. The predicted octanol–water partition coefficient (Wildman–Crippen LogP) is 3.60. The number of rotatable bonds is 3. The Hall–Kier alpha value is -2.35. The summed E-state index contributed by atoms with van der Waals surface area (Å²) in [6.45, 7) is 4.14. The van der Waals surface area contributed by atoms with Gasteiger partial charge in [-0.05, 0) is 44.9 Å². The number of hydrogen-bond acceptors (Lipinski definition) is 3. The summed E-state index contributed by atoms with van der Waals surface area (Å²) in [5, 5.41) is 8.96. The Labute approximate surface area is 123 Å². The Balaban J connectivity index is 2.15. The fraction of sp³-hybridized carbons (Fsp3) is 0.375. The Morgan fingerprint density at radius 1 is 1.43 bits per heavy atom. The summed E-state index contributed by atoms with van der Waals surface area (Å²) < 4.78 is 15.5. The van der Waals surface area contributed by atoms with Crippen molar-refractivity contribution in [1.29, 1.82) is 5.26 Å². The zero-order valence-corrected chi connectivity index (χ0v) is 12.1. The maximum atomic E-state index is 13.5. The molecule has 2 aromatic rings. The maximum absolute atomic E-state index is 13.5. The van der Waals surface area contributed by atoms with Crippen molar-refractivity contribution in [3.05, 3.63) is 35.4 Å². The molecule has 0 radical (unpaired) electrons. The number of nitrogen functional groups attached to an aromatic ring is 1. The molecule has 4 nitrogen and oxygen atoms in total. The molecule has 1 aromatic carbocycles. The van der Waals surface area contributed by atoms with Crippen LogP contribution in [0.4, 0.5) is 10.2 Å². The van der Waals surface area contributed by atoms with Gasteiger partial charge in [0.25, 0.3) is 0 Å². The van der Waals surface area contributed by atoms with Gasteiger partial charge in [0.15, 0.2) is 0 Å². The minimum absolute atomic E-state index is 0.0129. The van der Waals surface area contributed by atoms with E-state index in [0.29, 0.717) is 23.0 Å². The minimum Gasteiger partial charge on any atom is -0.383 e. The van der Waals surface area contributed by atoms with Crippen molar-refractivity contribution < 1.29 is 4.39 Å². The van der Waals surface area contributed by atoms with E-state index in [1.54, 1.807) is 6.07 Å². The van der Waals surface area contributed by atoms with E-state index in [-0.39, 0.29) is 11.6 Å². The molecule has 2 N–H and O–H groups in total. The van der Waals surface area contributed by atoms with Gasteiger partial charge >= 0.3 is 0 Å². The number of aromatic nitrogens is 2. The highest BCUT2D eigenvalue weighted by atomic mass is 19.1. The second-order valence-corrected chi connectivity index (χ2v) is 5.75. The van der Waals surface area contributed by atoms with Crippen LogP contribution >= 0.6 is 0 Å². The second-order valence-electron chi connectivity index (χ2n) is 5.75. The highest BCUT2D eigenvalue weighted by Gasteiger charge is 2.31. The van der Waals surface area contributed by atoms with Gasteiger partial charge in [-0.3, -0.25) is 0 Å². The van der Waals surface area contributed by atoms with Gasteiger partial charge in [-0.2, -0.15) is 5.26 Å². The molecule has 0 spiro atoms. The van der Waals surface area contributed by atoms with Gasteiger partial charge in [-0.15, -0.1) is 0 Å². The Morgan fingerprint density at radius 2 is 2.14 bits per heavy atom. The van der Waals surface area contributed by atoms with Gasteiger partial charge in [0.05, 0.1) is 5.56 Å². The van der Waals surface area contributed by atoms with Gasteiger partial charge in [0, 0.05) is 17.5 Å². The monoisotopic (exact) mass is 284 g/mol. The molecule has 0 atom stereocenters. The topological polar surface area (TPSA) is 67.6 Å². The fourth-order valence-corrected chi connectivity index (χ4v) is 2.61. The number of halogens is 1. The lowest BCUT2D eigenvalue weighted by Crippen LogP contribution is -2.08. The quantitative estimate of drug-likeness (QED) is 0.936. The maximum Gasteiger partial charge on any atom is 0.140 e. The van der Waals surface area contributed by atoms with Crippen molar-refractivity contribution in [1.82, 2.24) is 9.55 Å². The molecule has 21 heavy (non-hydrogen) atoms. The molecule has 3 rings (SSSR count). The number of hydrogen-bond donors (Lipinski definition) is 1. The summed E-state index contributed by atoms with van der Waals surface area (Å²) in [5.74, 6) is 1.53. The lowest BCUT2D eigenvalue weighted by Gasteiger charge is -2.13. The molecule has 1 aromatic heterocycles. The van der Waals surface area contributed by atoms with E-state index >= 15 is 0 Å². The summed E-state index contributed by atoms with van der Waals surface area (Å²) in [4.78, 5) is 4.67. The van der Waals surface area contributed by atoms with Crippen LogP contribution in [0.3, 0.4) is 0 Å². The van der Waals surface area contributed by atoms with E-state index in [9.17, 15) is 4.39 Å². The van der Waals surface area contributed by atoms with Crippen molar-refractivity contribution in [3.8, 4) is 17.3 Å². The van der Waals surface area contributed by atoms with Crippen molar-refractivity contribution in [3.63, 3.8) is 0 Å². The molecule has 1 aliphatic carbocycles.